The molecule has 0 unspecified atom stereocenters. The van der Waals surface area contributed by atoms with Gasteiger partial charge in [-0.25, -0.2) is 13.9 Å². The Balaban J connectivity index is 2.39. The SMILES string of the molecule is CC#CCOc1ccc(S(=O)(=O)N2[C@H](C)CSC(C)(C)[C@@H]2C(=O)NO)cc1. The van der Waals surface area contributed by atoms with Crippen molar-refractivity contribution < 1.29 is 23.2 Å². The van der Waals surface area contributed by atoms with Crippen LogP contribution in [0.15, 0.2) is 29.2 Å². The van der Waals surface area contributed by atoms with Crippen LogP contribution in [-0.2, 0) is 14.8 Å². The first-order valence-corrected chi connectivity index (χ1v) is 10.8. The van der Waals surface area contributed by atoms with Crippen molar-refractivity contribution >= 4 is 27.7 Å². The van der Waals surface area contributed by atoms with Gasteiger partial charge in [0, 0.05) is 16.5 Å². The predicted octanol–water partition coefficient (Wildman–Crippen LogP) is 1.87. The Labute approximate surface area is 164 Å². The molecule has 148 valence electrons. The van der Waals surface area contributed by atoms with Gasteiger partial charge in [0.25, 0.3) is 5.91 Å². The molecule has 2 atom stereocenters. The van der Waals surface area contributed by atoms with Crippen molar-refractivity contribution in [1.82, 2.24) is 9.79 Å². The molecule has 9 heteroatoms. The smallest absolute Gasteiger partial charge is 0.263 e. The van der Waals surface area contributed by atoms with Crippen LogP contribution in [0.25, 0.3) is 0 Å². The fourth-order valence-corrected chi connectivity index (χ4v) is 6.22. The minimum Gasteiger partial charge on any atom is -0.481 e. The molecule has 7 nitrogen and oxygen atoms in total. The summed E-state index contributed by atoms with van der Waals surface area (Å²) >= 11 is 1.50. The molecule has 0 spiro atoms. The molecular formula is C18H24N2O5S2. The van der Waals surface area contributed by atoms with Crippen molar-refractivity contribution in [2.75, 3.05) is 12.4 Å². The second-order valence-electron chi connectivity index (χ2n) is 6.66. The first-order chi connectivity index (χ1) is 12.6. The molecule has 0 bridgehead atoms. The quantitative estimate of drug-likeness (QED) is 0.435. The number of hydrogen-bond acceptors (Lipinski definition) is 6. The topological polar surface area (TPSA) is 95.9 Å². The highest BCUT2D eigenvalue weighted by atomic mass is 32.2. The van der Waals surface area contributed by atoms with E-state index >= 15 is 0 Å². The maximum atomic E-state index is 13.3. The molecule has 1 fully saturated rings. The van der Waals surface area contributed by atoms with Crippen LogP contribution in [-0.4, -0.2) is 53.0 Å². The number of thioether (sulfide) groups is 1. The summed E-state index contributed by atoms with van der Waals surface area (Å²) < 4.78 is 32.5. The van der Waals surface area contributed by atoms with Crippen LogP contribution in [0.2, 0.25) is 0 Å². The molecule has 1 aliphatic heterocycles. The molecule has 1 aromatic carbocycles. The molecule has 1 aromatic rings. The number of amides is 1. The number of hydrogen-bond donors (Lipinski definition) is 2. The highest BCUT2D eigenvalue weighted by Crippen LogP contribution is 2.41. The summed E-state index contributed by atoms with van der Waals surface area (Å²) in [5, 5.41) is 9.14. The van der Waals surface area contributed by atoms with Crippen molar-refractivity contribution in [3.05, 3.63) is 24.3 Å². The minimum absolute atomic E-state index is 0.0571. The summed E-state index contributed by atoms with van der Waals surface area (Å²) in [6.07, 6.45) is 0. The first kappa shape index (κ1) is 21.6. The average Bonchev–Trinajstić information content (AvgIpc) is 2.63. The van der Waals surface area contributed by atoms with Gasteiger partial charge in [-0.05, 0) is 52.0 Å². The van der Waals surface area contributed by atoms with Gasteiger partial charge in [0.2, 0.25) is 10.0 Å². The Hall–Kier alpha value is -1.73. The molecule has 1 saturated heterocycles. The van der Waals surface area contributed by atoms with Gasteiger partial charge in [0.15, 0.2) is 0 Å². The summed E-state index contributed by atoms with van der Waals surface area (Å²) in [4.78, 5) is 12.4. The van der Waals surface area contributed by atoms with E-state index < -0.39 is 32.8 Å². The molecular weight excluding hydrogens is 388 g/mol. The molecule has 0 aromatic heterocycles. The van der Waals surface area contributed by atoms with Gasteiger partial charge in [-0.2, -0.15) is 16.1 Å². The lowest BCUT2D eigenvalue weighted by Gasteiger charge is -2.46. The first-order valence-electron chi connectivity index (χ1n) is 8.39. The van der Waals surface area contributed by atoms with E-state index in [0.717, 1.165) is 0 Å². The highest BCUT2D eigenvalue weighted by Gasteiger charge is 2.51. The summed E-state index contributed by atoms with van der Waals surface area (Å²) in [5.74, 6) is 5.77. The third-order valence-electron chi connectivity index (χ3n) is 4.29. The van der Waals surface area contributed by atoms with E-state index in [4.69, 9.17) is 9.94 Å². The normalized spacial score (nSPS) is 22.4. The Bertz CT molecular complexity index is 841. The second-order valence-corrected chi connectivity index (χ2v) is 10.2. The van der Waals surface area contributed by atoms with Crippen molar-refractivity contribution in [1.29, 1.82) is 0 Å². The van der Waals surface area contributed by atoms with Crippen molar-refractivity contribution in [3.8, 4) is 17.6 Å². The summed E-state index contributed by atoms with van der Waals surface area (Å²) in [7, 11) is -3.96. The molecule has 2 N–H and O–H groups in total. The Morgan fingerprint density at radius 3 is 2.59 bits per heavy atom. The van der Waals surface area contributed by atoms with Crippen molar-refractivity contribution in [2.45, 2.75) is 49.4 Å². The number of nitrogens with zero attached hydrogens (tertiary/aromatic N) is 1. The molecule has 1 amide bonds. The lowest BCUT2D eigenvalue weighted by Crippen LogP contribution is -2.63. The van der Waals surface area contributed by atoms with Gasteiger partial charge >= 0.3 is 0 Å². The van der Waals surface area contributed by atoms with Crippen LogP contribution >= 0.6 is 11.8 Å². The Kier molecular flexibility index (Phi) is 6.81. The van der Waals surface area contributed by atoms with Gasteiger partial charge in [-0.3, -0.25) is 10.0 Å². The zero-order valence-electron chi connectivity index (χ0n) is 15.7. The van der Waals surface area contributed by atoms with Crippen LogP contribution in [0.5, 0.6) is 5.75 Å². The van der Waals surface area contributed by atoms with E-state index in [9.17, 15) is 13.2 Å². The van der Waals surface area contributed by atoms with Crippen LogP contribution in [0.4, 0.5) is 0 Å². The number of carbonyl (C=O) groups is 1. The number of ether oxygens (including phenoxy) is 1. The minimum atomic E-state index is -3.96. The van der Waals surface area contributed by atoms with Crippen LogP contribution in [0, 0.1) is 11.8 Å². The van der Waals surface area contributed by atoms with Crippen LogP contribution in [0.1, 0.15) is 27.7 Å². The van der Waals surface area contributed by atoms with Crippen LogP contribution < -0.4 is 10.2 Å². The van der Waals surface area contributed by atoms with Crippen LogP contribution in [0.3, 0.4) is 0 Å². The molecule has 0 aliphatic carbocycles. The van der Waals surface area contributed by atoms with E-state index in [2.05, 4.69) is 11.8 Å². The summed E-state index contributed by atoms with van der Waals surface area (Å²) in [5.41, 5.74) is 1.61. The zero-order valence-corrected chi connectivity index (χ0v) is 17.4. The zero-order chi connectivity index (χ0) is 20.2. The fraction of sp³-hybridized carbons (Fsp3) is 0.500. The molecule has 2 rings (SSSR count). The number of nitrogens with one attached hydrogen (secondary N) is 1. The van der Waals surface area contributed by atoms with E-state index in [-0.39, 0.29) is 11.5 Å². The standard InChI is InChI=1S/C18H24N2O5S2/c1-5-6-11-25-14-7-9-15(10-8-14)27(23,24)20-13(2)12-26-18(3,4)16(20)17(21)19-22/h7-10,13,16,22H,11-12H2,1-4H3,(H,19,21)/t13-,16+/m1/s1. The Morgan fingerprint density at radius 2 is 2.04 bits per heavy atom. The number of rotatable bonds is 5. The van der Waals surface area contributed by atoms with Gasteiger partial charge in [-0.15, -0.1) is 5.92 Å². The van der Waals surface area contributed by atoms with E-state index in [0.29, 0.717) is 11.5 Å². The van der Waals surface area contributed by atoms with E-state index in [1.807, 2.05) is 0 Å². The number of benzene rings is 1. The highest BCUT2D eigenvalue weighted by molar-refractivity contribution is 8.01. The summed E-state index contributed by atoms with van der Waals surface area (Å²) in [6, 6.07) is 4.54. The average molecular weight is 413 g/mol. The lowest BCUT2D eigenvalue weighted by atomic mass is 10.0. The van der Waals surface area contributed by atoms with Gasteiger partial charge < -0.3 is 4.74 Å². The number of hydroxylamine groups is 1. The van der Waals surface area contributed by atoms with E-state index in [1.54, 1.807) is 45.3 Å². The summed E-state index contributed by atoms with van der Waals surface area (Å²) in [6.45, 7) is 7.25. The maximum absolute atomic E-state index is 13.3. The van der Waals surface area contributed by atoms with Gasteiger partial charge in [-0.1, -0.05) is 5.92 Å². The van der Waals surface area contributed by atoms with E-state index in [1.165, 1.54) is 28.2 Å². The second kappa shape index (κ2) is 8.52. The third kappa shape index (κ3) is 4.58. The van der Waals surface area contributed by atoms with Gasteiger partial charge in [0.05, 0.1) is 4.90 Å². The fourth-order valence-electron chi connectivity index (χ4n) is 2.94. The third-order valence-corrected chi connectivity index (χ3v) is 7.90. The molecule has 0 saturated carbocycles. The predicted molar refractivity (Wildman–Crippen MR) is 104 cm³/mol. The monoisotopic (exact) mass is 412 g/mol. The number of carbonyl (C=O) groups excluding carboxylic acids is 1. The number of sulfonamides is 1. The molecule has 1 heterocycles. The van der Waals surface area contributed by atoms with Gasteiger partial charge in [0.1, 0.15) is 18.4 Å². The largest absolute Gasteiger partial charge is 0.481 e. The Morgan fingerprint density at radius 1 is 1.41 bits per heavy atom. The molecule has 27 heavy (non-hydrogen) atoms. The van der Waals surface area contributed by atoms with Crippen molar-refractivity contribution in [2.24, 2.45) is 0 Å². The lowest BCUT2D eigenvalue weighted by molar-refractivity contribution is -0.134. The maximum Gasteiger partial charge on any atom is 0.263 e. The van der Waals surface area contributed by atoms with Crippen molar-refractivity contribution in [3.63, 3.8) is 0 Å². The molecule has 0 radical (unpaired) electrons. The molecule has 1 aliphatic rings.